The summed E-state index contributed by atoms with van der Waals surface area (Å²) in [5.41, 5.74) is -5.94. The number of aliphatic hydroxyl groups is 1. The lowest BCUT2D eigenvalue weighted by atomic mass is 10.1. The first-order chi connectivity index (χ1) is 9.50. The largest absolute Gasteiger partial charge is 0.501 e. The molecule has 1 aromatic rings. The zero-order chi connectivity index (χ0) is 16.4. The van der Waals surface area contributed by atoms with Crippen molar-refractivity contribution in [2.45, 2.75) is 30.3 Å². The Kier molecular flexibility index (Phi) is 5.21. The van der Waals surface area contributed by atoms with Gasteiger partial charge in [-0.2, -0.15) is 13.2 Å². The molecular formula is C12H15F4NO3S. The normalized spacial score (nSPS) is 14.3. The van der Waals surface area contributed by atoms with Crippen LogP contribution in [0.4, 0.5) is 23.2 Å². The van der Waals surface area contributed by atoms with Crippen molar-refractivity contribution in [3.05, 3.63) is 24.0 Å². The molecule has 9 heteroatoms. The minimum atomic E-state index is -5.69. The van der Waals surface area contributed by atoms with Crippen LogP contribution in [0.3, 0.4) is 0 Å². The molecule has 1 unspecified atom stereocenters. The fraction of sp³-hybridized carbons (Fsp3) is 0.500. The van der Waals surface area contributed by atoms with Crippen molar-refractivity contribution in [1.29, 1.82) is 0 Å². The highest BCUT2D eigenvalue weighted by molar-refractivity contribution is 7.92. The summed E-state index contributed by atoms with van der Waals surface area (Å²) in [4.78, 5) is -1.20. The number of anilines is 1. The number of sulfone groups is 1. The van der Waals surface area contributed by atoms with Crippen molar-refractivity contribution >= 4 is 15.5 Å². The second-order valence-corrected chi connectivity index (χ2v) is 6.68. The number of halogens is 4. The average molecular weight is 329 g/mol. The van der Waals surface area contributed by atoms with Gasteiger partial charge in [0.2, 0.25) is 0 Å². The monoisotopic (exact) mass is 329 g/mol. The van der Waals surface area contributed by atoms with Crippen LogP contribution < -0.4 is 5.32 Å². The van der Waals surface area contributed by atoms with Gasteiger partial charge in [0, 0.05) is 0 Å². The molecule has 0 aliphatic heterocycles. The molecule has 0 saturated carbocycles. The summed E-state index contributed by atoms with van der Waals surface area (Å²) in [6.45, 7) is 2.96. The molecule has 0 amide bonds. The van der Waals surface area contributed by atoms with Crippen molar-refractivity contribution in [3.8, 4) is 0 Å². The smallest absolute Gasteiger partial charge is 0.394 e. The van der Waals surface area contributed by atoms with E-state index in [1.165, 1.54) is 0 Å². The summed E-state index contributed by atoms with van der Waals surface area (Å²) in [6.07, 6.45) is 0. The molecule has 0 aliphatic carbocycles. The molecule has 0 heterocycles. The summed E-state index contributed by atoms with van der Waals surface area (Å²) in [7, 11) is -5.69. The van der Waals surface area contributed by atoms with Gasteiger partial charge in [0.05, 0.1) is 18.3 Å². The van der Waals surface area contributed by atoms with Crippen molar-refractivity contribution < 1.29 is 31.1 Å². The van der Waals surface area contributed by atoms with Crippen molar-refractivity contribution in [2.75, 3.05) is 11.9 Å². The second kappa shape index (κ2) is 6.18. The topological polar surface area (TPSA) is 66.4 Å². The van der Waals surface area contributed by atoms with E-state index in [9.17, 15) is 26.0 Å². The molecule has 0 saturated heterocycles. The molecule has 1 atom stereocenters. The van der Waals surface area contributed by atoms with Gasteiger partial charge < -0.3 is 10.4 Å². The van der Waals surface area contributed by atoms with Gasteiger partial charge in [0.1, 0.15) is 10.7 Å². The zero-order valence-electron chi connectivity index (χ0n) is 11.3. The lowest BCUT2D eigenvalue weighted by Crippen LogP contribution is -2.31. The third-order valence-electron chi connectivity index (χ3n) is 2.88. The Hall–Kier alpha value is -1.35. The Labute approximate surface area is 119 Å². The average Bonchev–Trinajstić information content (AvgIpc) is 2.35. The molecule has 120 valence electrons. The maximum Gasteiger partial charge on any atom is 0.501 e. The number of nitrogens with one attached hydrogen (secondary N) is 1. The number of alkyl halides is 3. The molecular weight excluding hydrogens is 314 g/mol. The zero-order valence-corrected chi connectivity index (χ0v) is 12.1. The van der Waals surface area contributed by atoms with Crippen LogP contribution in [0.2, 0.25) is 0 Å². The number of hydrogen-bond donors (Lipinski definition) is 2. The summed E-state index contributed by atoms with van der Waals surface area (Å²) in [5, 5.41) is 11.7. The Morgan fingerprint density at radius 1 is 1.29 bits per heavy atom. The molecule has 0 spiro atoms. The third kappa shape index (κ3) is 3.85. The molecule has 1 rings (SSSR count). The van der Waals surface area contributed by atoms with Gasteiger partial charge in [-0.05, 0) is 24.1 Å². The summed E-state index contributed by atoms with van der Waals surface area (Å²) in [6, 6.07) is 1.38. The molecule has 0 bridgehead atoms. The fourth-order valence-corrected chi connectivity index (χ4v) is 2.52. The predicted molar refractivity (Wildman–Crippen MR) is 69.0 cm³/mol. The molecule has 0 fully saturated rings. The Bertz CT molecular complexity index is 599. The highest BCUT2D eigenvalue weighted by Crippen LogP contribution is 2.35. The quantitative estimate of drug-likeness (QED) is 0.815. The van der Waals surface area contributed by atoms with Crippen LogP contribution in [-0.4, -0.2) is 31.7 Å². The molecule has 0 aromatic heterocycles. The van der Waals surface area contributed by atoms with Crippen molar-refractivity contribution in [3.63, 3.8) is 0 Å². The van der Waals surface area contributed by atoms with Crippen LogP contribution in [0.1, 0.15) is 13.8 Å². The van der Waals surface area contributed by atoms with E-state index in [1.807, 2.05) is 0 Å². The summed E-state index contributed by atoms with van der Waals surface area (Å²) < 4.78 is 73.9. The first-order valence-electron chi connectivity index (χ1n) is 5.99. The van der Waals surface area contributed by atoms with E-state index in [1.54, 1.807) is 13.8 Å². The van der Waals surface area contributed by atoms with Crippen molar-refractivity contribution in [1.82, 2.24) is 0 Å². The molecule has 1 aromatic carbocycles. The van der Waals surface area contributed by atoms with Gasteiger partial charge in [-0.15, -0.1) is 0 Å². The molecule has 21 heavy (non-hydrogen) atoms. The lowest BCUT2D eigenvalue weighted by molar-refractivity contribution is -0.0435. The summed E-state index contributed by atoms with van der Waals surface area (Å²) in [5.74, 6) is -1.28. The SMILES string of the molecule is CC(C)C(CO)Nc1ccc(F)cc1S(=O)(=O)C(F)(F)F. The van der Waals surface area contributed by atoms with E-state index in [2.05, 4.69) is 5.32 Å². The maximum absolute atomic E-state index is 13.1. The van der Waals surface area contributed by atoms with Gasteiger partial charge in [-0.3, -0.25) is 0 Å². The molecule has 0 radical (unpaired) electrons. The van der Waals surface area contributed by atoms with E-state index in [0.29, 0.717) is 6.07 Å². The number of aliphatic hydroxyl groups excluding tert-OH is 1. The van der Waals surface area contributed by atoms with Crippen LogP contribution >= 0.6 is 0 Å². The number of benzene rings is 1. The molecule has 0 aliphatic rings. The van der Waals surface area contributed by atoms with Crippen LogP contribution in [0.25, 0.3) is 0 Å². The van der Waals surface area contributed by atoms with Gasteiger partial charge in [-0.1, -0.05) is 13.8 Å². The third-order valence-corrected chi connectivity index (χ3v) is 4.41. The minimum Gasteiger partial charge on any atom is -0.394 e. The van der Waals surface area contributed by atoms with Crippen molar-refractivity contribution in [2.24, 2.45) is 5.92 Å². The van der Waals surface area contributed by atoms with E-state index >= 15 is 0 Å². The van der Waals surface area contributed by atoms with E-state index in [0.717, 1.165) is 12.1 Å². The maximum atomic E-state index is 13.1. The van der Waals surface area contributed by atoms with Crippen LogP contribution in [0, 0.1) is 11.7 Å². The summed E-state index contributed by atoms with van der Waals surface area (Å²) >= 11 is 0. The minimum absolute atomic E-state index is 0.179. The standard InChI is InChI=1S/C12H15F4NO3S/c1-7(2)10(6-18)17-9-4-3-8(13)5-11(9)21(19,20)12(14,15)16/h3-5,7,10,17-18H,6H2,1-2H3. The van der Waals surface area contributed by atoms with Gasteiger partial charge in [0.25, 0.3) is 9.84 Å². The van der Waals surface area contributed by atoms with Crippen LogP contribution in [0.5, 0.6) is 0 Å². The Morgan fingerprint density at radius 2 is 1.86 bits per heavy atom. The highest BCUT2D eigenvalue weighted by atomic mass is 32.2. The van der Waals surface area contributed by atoms with Gasteiger partial charge in [-0.25, -0.2) is 12.8 Å². The lowest BCUT2D eigenvalue weighted by Gasteiger charge is -2.23. The van der Waals surface area contributed by atoms with Gasteiger partial charge in [0.15, 0.2) is 0 Å². The molecule has 4 nitrogen and oxygen atoms in total. The van der Waals surface area contributed by atoms with Crippen LogP contribution in [-0.2, 0) is 9.84 Å². The first kappa shape index (κ1) is 17.7. The van der Waals surface area contributed by atoms with E-state index < -0.39 is 44.4 Å². The Morgan fingerprint density at radius 3 is 2.29 bits per heavy atom. The van der Waals surface area contributed by atoms with Gasteiger partial charge >= 0.3 is 5.51 Å². The molecule has 2 N–H and O–H groups in total. The number of hydrogen-bond acceptors (Lipinski definition) is 4. The highest BCUT2D eigenvalue weighted by Gasteiger charge is 2.48. The van der Waals surface area contributed by atoms with E-state index in [-0.39, 0.29) is 5.92 Å². The fourth-order valence-electron chi connectivity index (χ4n) is 1.59. The second-order valence-electron chi connectivity index (χ2n) is 4.77. The first-order valence-corrected chi connectivity index (χ1v) is 7.47. The van der Waals surface area contributed by atoms with Crippen LogP contribution in [0.15, 0.2) is 23.1 Å². The Balaban J connectivity index is 3.37. The van der Waals surface area contributed by atoms with E-state index in [4.69, 9.17) is 5.11 Å². The number of rotatable bonds is 5. The predicted octanol–water partition coefficient (Wildman–Crippen LogP) is 2.55.